The molecule has 0 aliphatic heterocycles. The minimum absolute atomic E-state index is 0.125. The summed E-state index contributed by atoms with van der Waals surface area (Å²) in [4.78, 5) is 0. The number of fused-ring (bicyclic) bond motifs is 6. The van der Waals surface area contributed by atoms with Crippen LogP contribution in [0.3, 0.4) is 0 Å². The first-order valence-electron chi connectivity index (χ1n) is 29.3. The van der Waals surface area contributed by atoms with E-state index in [4.69, 9.17) is 19.2 Å². The molecule has 3 heteroatoms. The number of hydrogen-bond donors (Lipinski definition) is 0. The first-order chi connectivity index (χ1) is 37.8. The summed E-state index contributed by atoms with van der Waals surface area (Å²) in [6.45, 7) is 0. The molecule has 11 rings (SSSR count). The Morgan fingerprint density at radius 2 is 0.860 bits per heavy atom. The van der Waals surface area contributed by atoms with Gasteiger partial charge in [0.1, 0.15) is 0 Å². The first kappa shape index (κ1) is 17.3. The summed E-state index contributed by atoms with van der Waals surface area (Å²) < 4.78 is 213. The molecule has 0 saturated carbocycles. The molecule has 2 aromatic heterocycles. The van der Waals surface area contributed by atoms with E-state index < -0.39 is 186 Å². The zero-order valence-corrected chi connectivity index (χ0v) is 30.6. The molecule has 268 valence electrons. The van der Waals surface area contributed by atoms with Crippen molar-refractivity contribution in [2.75, 3.05) is 0 Å². The minimum atomic E-state index is -4.27. The Morgan fingerprint density at radius 3 is 1.54 bits per heavy atom. The number of aromatic nitrogens is 2. The first-order valence-corrected chi connectivity index (χ1v) is 19.8. The quantitative estimate of drug-likeness (QED) is 0.113. The second-order valence-electron chi connectivity index (χ2n) is 13.2. The van der Waals surface area contributed by atoms with Gasteiger partial charge in [0, 0.05) is 32.9 Å². The largest absolute Gasteiger partial charge is 0.309 e. The van der Waals surface area contributed by atoms with Crippen molar-refractivity contribution in [2.24, 2.45) is 0 Å². The Kier molecular flexibility index (Phi) is 4.10. The average molecular weight is 766 g/mol. The summed E-state index contributed by atoms with van der Waals surface area (Å²) in [5.74, 6) is 0. The molecular weight excluding hydrogens is 705 g/mol. The summed E-state index contributed by atoms with van der Waals surface area (Å²) >= 11 is 0. The van der Waals surface area contributed by atoms with Crippen molar-refractivity contribution in [3.8, 4) is 22.5 Å². The fourth-order valence-corrected chi connectivity index (χ4v) is 12.2. The molecule has 0 amide bonds. The number of benzene rings is 9. The lowest BCUT2D eigenvalue weighted by atomic mass is 10.1. The van der Waals surface area contributed by atoms with Gasteiger partial charge in [-0.15, -0.1) is 0 Å². The van der Waals surface area contributed by atoms with Crippen LogP contribution in [0.2, 0.25) is 0 Å². The van der Waals surface area contributed by atoms with Gasteiger partial charge in [0.05, 0.1) is 53.6 Å². The van der Waals surface area contributed by atoms with Crippen LogP contribution >= 0.6 is 0 Å². The molecule has 57 heavy (non-hydrogen) atoms. The fourth-order valence-electron chi connectivity index (χ4n) is 7.77. The number of rotatable bonds is 7. The summed E-state index contributed by atoms with van der Waals surface area (Å²) in [5.41, 5.74) is -2.82. The maximum Gasteiger partial charge on any atom is 0.179 e. The van der Waals surface area contributed by atoms with Crippen LogP contribution in [0.5, 0.6) is 0 Å². The van der Waals surface area contributed by atoms with Crippen LogP contribution in [0.15, 0.2) is 230 Å². The van der Waals surface area contributed by atoms with Crippen molar-refractivity contribution in [3.05, 3.63) is 230 Å². The van der Waals surface area contributed by atoms with E-state index in [1.54, 1.807) is 84.9 Å². The number of nitrogens with zero attached hydrogens (tertiary/aromatic N) is 2. The third-order valence-electron chi connectivity index (χ3n) is 10.2. The van der Waals surface area contributed by atoms with Crippen LogP contribution in [-0.4, -0.2) is 17.2 Å². The maximum atomic E-state index is 10.2. The molecule has 11 aromatic rings. The Labute approximate surface area is 365 Å². The van der Waals surface area contributed by atoms with Gasteiger partial charge in [-0.1, -0.05) is 182 Å². The van der Waals surface area contributed by atoms with Crippen molar-refractivity contribution >= 4 is 72.4 Å². The van der Waals surface area contributed by atoms with Crippen molar-refractivity contribution in [3.63, 3.8) is 0 Å². The molecular formula is C54H38N2Si. The zero-order chi connectivity index (χ0) is 57.8. The highest BCUT2D eigenvalue weighted by molar-refractivity contribution is 7.19. The van der Waals surface area contributed by atoms with Crippen LogP contribution in [0.4, 0.5) is 0 Å². The van der Waals surface area contributed by atoms with Crippen LogP contribution in [0.1, 0.15) is 31.5 Å². The fraction of sp³-hybridized carbons (Fsp3) is 0. The second-order valence-corrected chi connectivity index (χ2v) is 16.9. The van der Waals surface area contributed by atoms with E-state index in [9.17, 15) is 12.3 Å². The molecule has 0 spiro atoms. The third-order valence-corrected chi connectivity index (χ3v) is 14.8. The summed E-state index contributed by atoms with van der Waals surface area (Å²) in [7, 11) is -4.27. The zero-order valence-electron chi connectivity index (χ0n) is 52.6. The Bertz CT molecular complexity index is 4480. The average Bonchev–Trinajstić information content (AvgIpc) is 4.04. The van der Waals surface area contributed by atoms with Gasteiger partial charge in [0.2, 0.25) is 0 Å². The topological polar surface area (TPSA) is 9.86 Å². The van der Waals surface area contributed by atoms with E-state index in [1.165, 1.54) is 0 Å². The molecule has 2 nitrogen and oxygen atoms in total. The Morgan fingerprint density at radius 1 is 0.333 bits per heavy atom. The normalized spacial score (nSPS) is 17.5. The third kappa shape index (κ3) is 5.24. The lowest BCUT2D eigenvalue weighted by molar-refractivity contribution is 1.17. The van der Waals surface area contributed by atoms with Crippen molar-refractivity contribution in [1.29, 1.82) is 0 Å². The summed E-state index contributed by atoms with van der Waals surface area (Å²) in [6.07, 6.45) is 0. The van der Waals surface area contributed by atoms with E-state index >= 15 is 0 Å². The van der Waals surface area contributed by atoms with E-state index in [0.717, 1.165) is 15.2 Å². The van der Waals surface area contributed by atoms with Gasteiger partial charge in [-0.2, -0.15) is 0 Å². The highest BCUT2D eigenvalue weighted by atomic mass is 28.3. The van der Waals surface area contributed by atoms with Crippen LogP contribution in [0, 0.1) is 0 Å². The smallest absolute Gasteiger partial charge is 0.179 e. The lowest BCUT2D eigenvalue weighted by Gasteiger charge is -2.35. The van der Waals surface area contributed by atoms with E-state index in [-0.39, 0.29) is 32.6 Å². The van der Waals surface area contributed by atoms with Crippen LogP contribution in [0.25, 0.3) is 66.1 Å². The van der Waals surface area contributed by atoms with E-state index in [2.05, 4.69) is 0 Å². The molecule has 0 unspecified atom stereocenters. The number of hydrogen-bond acceptors (Lipinski definition) is 0. The number of para-hydroxylation sites is 3. The minimum Gasteiger partial charge on any atom is -0.309 e. The van der Waals surface area contributed by atoms with Gasteiger partial charge < -0.3 is 9.13 Å². The van der Waals surface area contributed by atoms with Gasteiger partial charge in [0.15, 0.2) is 8.07 Å². The highest BCUT2D eigenvalue weighted by Crippen LogP contribution is 2.36. The molecule has 2 heterocycles. The molecule has 0 radical (unpaired) electrons. The van der Waals surface area contributed by atoms with Crippen molar-refractivity contribution in [2.45, 2.75) is 0 Å². The van der Waals surface area contributed by atoms with Gasteiger partial charge in [-0.25, -0.2) is 0 Å². The van der Waals surface area contributed by atoms with Gasteiger partial charge in [0.25, 0.3) is 0 Å². The van der Waals surface area contributed by atoms with Crippen LogP contribution in [-0.2, 0) is 0 Å². The lowest BCUT2D eigenvalue weighted by Crippen LogP contribution is -2.74. The predicted molar refractivity (Wildman–Crippen MR) is 244 cm³/mol. The Hall–Kier alpha value is -7.20. The van der Waals surface area contributed by atoms with E-state index in [0.29, 0.717) is 15.6 Å². The maximum absolute atomic E-state index is 10.2. The molecule has 9 aromatic carbocycles. The molecule has 0 saturated heterocycles. The highest BCUT2D eigenvalue weighted by Gasteiger charge is 2.41. The van der Waals surface area contributed by atoms with E-state index in [1.807, 2.05) is 0 Å². The van der Waals surface area contributed by atoms with Gasteiger partial charge >= 0.3 is 0 Å². The second kappa shape index (κ2) is 13.5. The van der Waals surface area contributed by atoms with Crippen molar-refractivity contribution in [1.82, 2.24) is 9.13 Å². The summed E-state index contributed by atoms with van der Waals surface area (Å²) in [6, 6.07) is 9.23. The monoisotopic (exact) mass is 765 g/mol. The molecule has 0 aliphatic carbocycles. The molecule has 0 aliphatic rings. The van der Waals surface area contributed by atoms with Gasteiger partial charge in [-0.3, -0.25) is 0 Å². The molecule has 0 fully saturated rings. The molecule has 0 N–H and O–H groups in total. The SMILES string of the molecule is [2H]c1cc2c(c([2H])c1[2H])c1c([2H])c([2H])c([2H])c([2H])c1n2-c1c([2H])c([2H])c2c(c1[2H])c1c([2H])c([2H])c([2H])c([2H])c1n2-c1c([2H])c([2H])c([Si](c2ccccc2)(c2ccccc2)c2cccc(-c3c([2H])c([2H])c([2H])c([2H])c3[2H])c2)c([2H])c1[2H]. The van der Waals surface area contributed by atoms with Crippen molar-refractivity contribution < 1.29 is 31.5 Å². The predicted octanol–water partition coefficient (Wildman–Crippen LogP) is 10.9. The van der Waals surface area contributed by atoms with Gasteiger partial charge in [-0.05, 0) is 80.2 Å². The molecule has 0 bridgehead atoms. The standard InChI is InChI=1S/C54H38N2Si/c1-4-17-39(18-5-1)40-19-16-24-46(37-40)57(43-20-6-2-7-21-43,44-22-8-3-9-23-44)45-34-31-41(32-35-45)55-53-30-15-12-27-49(53)50-38-42(33-36-54(50)55)56-51-28-13-10-25-47(51)48-26-11-14-29-52(48)56/h1-38H/i1D,4D,5D,10D,11D,12D,13D,14D,15D,17D,18D,25D,26D,27D,28D,30D,31D,32D,33D,34D,35D,36D,38D. The molecule has 0 atom stereocenters. The Balaban J connectivity index is 1.30. The summed E-state index contributed by atoms with van der Waals surface area (Å²) in [5, 5.41) is -0.103. The van der Waals surface area contributed by atoms with Crippen LogP contribution < -0.4 is 20.7 Å².